The van der Waals surface area contributed by atoms with E-state index in [1.54, 1.807) is 31.2 Å². The lowest BCUT2D eigenvalue weighted by Gasteiger charge is -2.33. The Labute approximate surface area is 263 Å². The van der Waals surface area contributed by atoms with Crippen molar-refractivity contribution in [3.8, 4) is 11.5 Å². The van der Waals surface area contributed by atoms with Gasteiger partial charge in [-0.1, -0.05) is 26.8 Å². The van der Waals surface area contributed by atoms with E-state index in [4.69, 9.17) is 33.2 Å². The predicted molar refractivity (Wildman–Crippen MR) is 163 cm³/mol. The summed E-state index contributed by atoms with van der Waals surface area (Å²) in [6.07, 6.45) is 3.07. The fourth-order valence-electron chi connectivity index (χ4n) is 4.64. The lowest BCUT2D eigenvalue weighted by molar-refractivity contribution is -0.140. The Hall–Kier alpha value is -4.22. The molecule has 3 atom stereocenters. The minimum absolute atomic E-state index is 0.0327. The van der Waals surface area contributed by atoms with E-state index >= 15 is 0 Å². The molecule has 244 valence electrons. The zero-order valence-electron chi connectivity index (χ0n) is 26.1. The van der Waals surface area contributed by atoms with Crippen LogP contribution in [0.2, 0.25) is 0 Å². The molecular weight excluding hydrogens is 584 g/mol. The Morgan fingerprint density at radius 2 is 1.27 bits per heavy atom. The summed E-state index contributed by atoms with van der Waals surface area (Å²) in [6.45, 7) is 10.3. The Bertz CT molecular complexity index is 1270. The van der Waals surface area contributed by atoms with Gasteiger partial charge in [0.15, 0.2) is 0 Å². The summed E-state index contributed by atoms with van der Waals surface area (Å²) >= 11 is 0. The van der Waals surface area contributed by atoms with E-state index in [2.05, 4.69) is 20.4 Å². The molecule has 1 aliphatic rings. The van der Waals surface area contributed by atoms with Crippen molar-refractivity contribution in [1.82, 2.24) is 0 Å². The molecule has 45 heavy (non-hydrogen) atoms. The molecule has 0 heterocycles. The van der Waals surface area contributed by atoms with Crippen LogP contribution in [0.15, 0.2) is 60.7 Å². The average Bonchev–Trinajstić information content (AvgIpc) is 3.02. The standard InChI is InChI=1S/C34H42O11/c1-5-25-7-6-24(4)22-30(25)45-33(37)27-8-12-28(13-9-27)43-32(36)26-10-14-29(15-11-26)44-34(38)42-21-19-40-17-16-39-18-20-41-31(35)23(2)3/h8-15,24-25,30H,2,5-7,16-22H2,1,3-4H3. The van der Waals surface area contributed by atoms with Crippen molar-refractivity contribution in [2.45, 2.75) is 52.6 Å². The van der Waals surface area contributed by atoms with Crippen molar-refractivity contribution in [2.75, 3.05) is 39.6 Å². The number of benzene rings is 2. The average molecular weight is 627 g/mol. The Kier molecular flexibility index (Phi) is 14.5. The number of carbonyl (C=O) groups is 4. The lowest BCUT2D eigenvalue weighted by atomic mass is 9.79. The molecule has 0 bridgehead atoms. The first-order valence-electron chi connectivity index (χ1n) is 15.1. The molecular formula is C34H42O11. The molecule has 11 heteroatoms. The molecule has 0 aliphatic heterocycles. The Morgan fingerprint density at radius 3 is 1.84 bits per heavy atom. The number of esters is 3. The maximum absolute atomic E-state index is 12.7. The van der Waals surface area contributed by atoms with Crippen LogP contribution >= 0.6 is 0 Å². The first kappa shape index (κ1) is 35.3. The lowest BCUT2D eigenvalue weighted by Crippen LogP contribution is -2.32. The molecule has 11 nitrogen and oxygen atoms in total. The highest BCUT2D eigenvalue weighted by atomic mass is 16.7. The summed E-state index contributed by atoms with van der Waals surface area (Å²) in [6, 6.07) is 12.0. The molecule has 0 spiro atoms. The van der Waals surface area contributed by atoms with Gasteiger partial charge in [0.1, 0.15) is 30.8 Å². The Balaban J connectivity index is 1.32. The largest absolute Gasteiger partial charge is 0.513 e. The smallest absolute Gasteiger partial charge is 0.460 e. The van der Waals surface area contributed by atoms with Crippen LogP contribution in [0.25, 0.3) is 0 Å². The fourth-order valence-corrected chi connectivity index (χ4v) is 4.64. The predicted octanol–water partition coefficient (Wildman–Crippen LogP) is 5.95. The zero-order valence-corrected chi connectivity index (χ0v) is 26.1. The second kappa shape index (κ2) is 18.6. The third-order valence-corrected chi connectivity index (χ3v) is 7.19. The highest BCUT2D eigenvalue weighted by Crippen LogP contribution is 2.33. The third kappa shape index (κ3) is 12.4. The monoisotopic (exact) mass is 626 g/mol. The van der Waals surface area contributed by atoms with Gasteiger partial charge in [-0.3, -0.25) is 0 Å². The quantitative estimate of drug-likeness (QED) is 0.0547. The first-order chi connectivity index (χ1) is 21.7. The number of carbonyl (C=O) groups excluding carboxylic acids is 4. The number of ether oxygens (including phenoxy) is 7. The highest BCUT2D eigenvalue weighted by molar-refractivity contribution is 5.92. The van der Waals surface area contributed by atoms with Crippen LogP contribution in [0.5, 0.6) is 11.5 Å². The Morgan fingerprint density at radius 1 is 0.733 bits per heavy atom. The van der Waals surface area contributed by atoms with Gasteiger partial charge >= 0.3 is 24.1 Å². The summed E-state index contributed by atoms with van der Waals surface area (Å²) in [5, 5.41) is 0. The molecule has 0 aromatic heterocycles. The minimum Gasteiger partial charge on any atom is -0.460 e. The van der Waals surface area contributed by atoms with Gasteiger partial charge in [-0.15, -0.1) is 0 Å². The molecule has 0 N–H and O–H groups in total. The van der Waals surface area contributed by atoms with Crippen molar-refractivity contribution in [2.24, 2.45) is 11.8 Å². The third-order valence-electron chi connectivity index (χ3n) is 7.19. The van der Waals surface area contributed by atoms with Crippen LogP contribution in [0, 0.1) is 11.8 Å². The second-order valence-electron chi connectivity index (χ2n) is 10.8. The molecule has 2 aromatic carbocycles. The number of rotatable bonds is 16. The highest BCUT2D eigenvalue weighted by Gasteiger charge is 2.30. The normalized spacial score (nSPS) is 17.5. The summed E-state index contributed by atoms with van der Waals surface area (Å²) < 4.78 is 36.8. The maximum Gasteiger partial charge on any atom is 0.513 e. The van der Waals surface area contributed by atoms with Crippen LogP contribution in [0.3, 0.4) is 0 Å². The summed E-state index contributed by atoms with van der Waals surface area (Å²) in [5.74, 6) is -0.0987. The molecule has 3 unspecified atom stereocenters. The van der Waals surface area contributed by atoms with E-state index in [0.29, 0.717) is 23.0 Å². The molecule has 1 fully saturated rings. The van der Waals surface area contributed by atoms with Crippen molar-refractivity contribution < 1.29 is 52.3 Å². The molecule has 1 aliphatic carbocycles. The molecule has 0 radical (unpaired) electrons. The second-order valence-corrected chi connectivity index (χ2v) is 10.8. The van der Waals surface area contributed by atoms with Gasteiger partial charge in [0.2, 0.25) is 0 Å². The first-order valence-corrected chi connectivity index (χ1v) is 15.1. The number of hydrogen-bond donors (Lipinski definition) is 0. The molecule has 0 amide bonds. The van der Waals surface area contributed by atoms with Crippen LogP contribution in [0.4, 0.5) is 4.79 Å². The van der Waals surface area contributed by atoms with Gasteiger partial charge in [0, 0.05) is 5.57 Å². The van der Waals surface area contributed by atoms with Crippen LogP contribution in [-0.2, 0) is 28.5 Å². The summed E-state index contributed by atoms with van der Waals surface area (Å²) in [5.41, 5.74) is 0.955. The molecule has 0 saturated heterocycles. The SMILES string of the molecule is C=C(C)C(=O)OCCOCCOCCOC(=O)Oc1ccc(C(=O)Oc2ccc(C(=O)OC3CC(C)CCC3CC)cc2)cc1. The van der Waals surface area contributed by atoms with Crippen LogP contribution in [0.1, 0.15) is 67.2 Å². The summed E-state index contributed by atoms with van der Waals surface area (Å²) in [4.78, 5) is 48.4. The molecule has 3 rings (SSSR count). The summed E-state index contributed by atoms with van der Waals surface area (Å²) in [7, 11) is 0. The van der Waals surface area contributed by atoms with Crippen molar-refractivity contribution in [3.05, 3.63) is 71.8 Å². The fraction of sp³-hybridized carbons (Fsp3) is 0.471. The van der Waals surface area contributed by atoms with Crippen LogP contribution in [-0.4, -0.2) is 69.8 Å². The van der Waals surface area contributed by atoms with Crippen molar-refractivity contribution >= 4 is 24.1 Å². The van der Waals surface area contributed by atoms with E-state index < -0.39 is 18.1 Å². The topological polar surface area (TPSA) is 133 Å². The van der Waals surface area contributed by atoms with Gasteiger partial charge in [-0.05, 0) is 86.6 Å². The van der Waals surface area contributed by atoms with Gasteiger partial charge in [0.05, 0.1) is 37.6 Å². The van der Waals surface area contributed by atoms with E-state index in [1.807, 2.05) is 0 Å². The maximum atomic E-state index is 12.7. The van der Waals surface area contributed by atoms with Gasteiger partial charge < -0.3 is 33.2 Å². The van der Waals surface area contributed by atoms with Crippen molar-refractivity contribution in [3.63, 3.8) is 0 Å². The van der Waals surface area contributed by atoms with E-state index in [1.165, 1.54) is 24.3 Å². The van der Waals surface area contributed by atoms with E-state index in [9.17, 15) is 19.2 Å². The van der Waals surface area contributed by atoms with E-state index in [-0.39, 0.29) is 68.8 Å². The molecule has 2 aromatic rings. The molecule has 1 saturated carbocycles. The van der Waals surface area contributed by atoms with Gasteiger partial charge in [0.25, 0.3) is 0 Å². The van der Waals surface area contributed by atoms with Gasteiger partial charge in [-0.2, -0.15) is 0 Å². The van der Waals surface area contributed by atoms with E-state index in [0.717, 1.165) is 25.7 Å². The number of hydrogen-bond acceptors (Lipinski definition) is 11. The minimum atomic E-state index is -0.925. The van der Waals surface area contributed by atoms with Crippen LogP contribution < -0.4 is 9.47 Å². The zero-order chi connectivity index (χ0) is 32.6. The van der Waals surface area contributed by atoms with Gasteiger partial charge in [-0.25, -0.2) is 19.2 Å². The van der Waals surface area contributed by atoms with Crippen molar-refractivity contribution in [1.29, 1.82) is 0 Å².